The van der Waals surface area contributed by atoms with Crippen molar-refractivity contribution in [1.82, 2.24) is 10.2 Å². The molecule has 4 heteroatoms. The van der Waals surface area contributed by atoms with Crippen LogP contribution in [0.25, 0.3) is 0 Å². The van der Waals surface area contributed by atoms with Gasteiger partial charge in [-0.1, -0.05) is 0 Å². The van der Waals surface area contributed by atoms with E-state index < -0.39 is 0 Å². The van der Waals surface area contributed by atoms with Crippen LogP contribution in [-0.4, -0.2) is 30.1 Å². The van der Waals surface area contributed by atoms with E-state index in [2.05, 4.69) is 16.3 Å². The van der Waals surface area contributed by atoms with Crippen LogP contribution in [0.2, 0.25) is 0 Å². The van der Waals surface area contributed by atoms with Gasteiger partial charge in [-0.15, -0.1) is 0 Å². The van der Waals surface area contributed by atoms with Crippen molar-refractivity contribution >= 4 is 17.3 Å². The summed E-state index contributed by atoms with van der Waals surface area (Å²) in [6.07, 6.45) is 2.88. The fraction of sp³-hybridized carbons (Fsp3) is 0.778. The normalized spacial score (nSPS) is 18.0. The number of likely N-dealkylation sites (tertiary alicyclic amines) is 1. The zero-order chi connectivity index (χ0) is 9.68. The summed E-state index contributed by atoms with van der Waals surface area (Å²) in [6, 6.07) is 2.23. The Hall–Kier alpha value is -0.820. The molecule has 72 valence electrons. The number of hydrogen-bond acceptors (Lipinski definition) is 2. The van der Waals surface area contributed by atoms with Gasteiger partial charge >= 0.3 is 0 Å². The molecule has 1 fully saturated rings. The number of nitriles is 1. The van der Waals surface area contributed by atoms with Crippen LogP contribution >= 0.6 is 12.2 Å². The van der Waals surface area contributed by atoms with Crippen molar-refractivity contribution in [3.63, 3.8) is 0 Å². The molecule has 0 aromatic rings. The molecule has 1 heterocycles. The first kappa shape index (κ1) is 10.3. The summed E-state index contributed by atoms with van der Waals surface area (Å²) >= 11 is 5.13. The van der Waals surface area contributed by atoms with Crippen LogP contribution in [0.15, 0.2) is 0 Å². The fourth-order valence-electron chi connectivity index (χ4n) is 1.63. The molecular weight excluding hydrogens is 182 g/mol. The Labute approximate surface area is 84.7 Å². The molecule has 13 heavy (non-hydrogen) atoms. The van der Waals surface area contributed by atoms with Gasteiger partial charge in [0.2, 0.25) is 0 Å². The Morgan fingerprint density at radius 2 is 2.23 bits per heavy atom. The molecule has 3 nitrogen and oxygen atoms in total. The first-order valence-corrected chi connectivity index (χ1v) is 5.02. The fourth-order valence-corrected chi connectivity index (χ4v) is 1.81. The average molecular weight is 197 g/mol. The standard InChI is InChI=1S/C9H15N3S/c1-11-9(13)12-6-3-8(2-5-10)4-7-12/h8H,2-4,6-7H2,1H3,(H,11,13). The van der Waals surface area contributed by atoms with Crippen LogP contribution in [0, 0.1) is 17.2 Å². The molecule has 0 aliphatic carbocycles. The Morgan fingerprint density at radius 3 is 2.69 bits per heavy atom. The highest BCUT2D eigenvalue weighted by atomic mass is 32.1. The van der Waals surface area contributed by atoms with E-state index in [0.29, 0.717) is 12.3 Å². The van der Waals surface area contributed by atoms with Gasteiger partial charge < -0.3 is 10.2 Å². The lowest BCUT2D eigenvalue weighted by Gasteiger charge is -2.32. The number of nitrogens with zero attached hydrogens (tertiary/aromatic N) is 2. The molecule has 0 bridgehead atoms. The van der Waals surface area contributed by atoms with Crippen molar-refractivity contribution in [3.8, 4) is 6.07 Å². The third-order valence-corrected chi connectivity index (χ3v) is 2.96. The van der Waals surface area contributed by atoms with E-state index in [1.165, 1.54) is 0 Å². The van der Waals surface area contributed by atoms with Crippen molar-refractivity contribution in [2.24, 2.45) is 5.92 Å². The smallest absolute Gasteiger partial charge is 0.168 e. The summed E-state index contributed by atoms with van der Waals surface area (Å²) in [5, 5.41) is 12.3. The number of hydrogen-bond donors (Lipinski definition) is 1. The quantitative estimate of drug-likeness (QED) is 0.639. The summed E-state index contributed by atoms with van der Waals surface area (Å²) in [7, 11) is 1.85. The van der Waals surface area contributed by atoms with Crippen LogP contribution in [0.1, 0.15) is 19.3 Å². The molecule has 0 unspecified atom stereocenters. The molecule has 0 atom stereocenters. The first-order valence-electron chi connectivity index (χ1n) is 4.61. The maximum absolute atomic E-state index is 8.54. The highest BCUT2D eigenvalue weighted by Gasteiger charge is 2.19. The third kappa shape index (κ3) is 2.85. The van der Waals surface area contributed by atoms with Crippen molar-refractivity contribution < 1.29 is 0 Å². The minimum absolute atomic E-state index is 0.584. The van der Waals surface area contributed by atoms with Gasteiger partial charge in [0.15, 0.2) is 5.11 Å². The SMILES string of the molecule is CNC(=S)N1CCC(CC#N)CC1. The number of rotatable bonds is 1. The average Bonchev–Trinajstić information content (AvgIpc) is 2.18. The van der Waals surface area contributed by atoms with Crippen molar-refractivity contribution in [3.05, 3.63) is 0 Å². The lowest BCUT2D eigenvalue weighted by atomic mass is 9.94. The Balaban J connectivity index is 2.31. The second-order valence-corrected chi connectivity index (χ2v) is 3.73. The van der Waals surface area contributed by atoms with Gasteiger partial charge in [-0.3, -0.25) is 0 Å². The van der Waals surface area contributed by atoms with Crippen LogP contribution in [0.5, 0.6) is 0 Å². The van der Waals surface area contributed by atoms with E-state index in [-0.39, 0.29) is 0 Å². The van der Waals surface area contributed by atoms with E-state index in [0.717, 1.165) is 31.0 Å². The topological polar surface area (TPSA) is 39.1 Å². The van der Waals surface area contributed by atoms with Gasteiger partial charge in [-0.2, -0.15) is 5.26 Å². The van der Waals surface area contributed by atoms with Gasteiger partial charge in [0.05, 0.1) is 6.07 Å². The van der Waals surface area contributed by atoms with Gasteiger partial charge in [0, 0.05) is 26.6 Å². The number of piperidine rings is 1. The maximum atomic E-state index is 8.54. The Bertz CT molecular complexity index is 213. The first-order chi connectivity index (χ1) is 6.27. The number of thiocarbonyl (C=S) groups is 1. The molecule has 1 aliphatic rings. The van der Waals surface area contributed by atoms with Gasteiger partial charge in [0.1, 0.15) is 0 Å². The van der Waals surface area contributed by atoms with Crippen LogP contribution in [-0.2, 0) is 0 Å². The summed E-state index contributed by atoms with van der Waals surface area (Å²) in [6.45, 7) is 1.98. The van der Waals surface area contributed by atoms with E-state index in [9.17, 15) is 0 Å². The summed E-state index contributed by atoms with van der Waals surface area (Å²) in [5.41, 5.74) is 0. The van der Waals surface area contributed by atoms with Crippen molar-refractivity contribution in [1.29, 1.82) is 5.26 Å². The molecule has 1 saturated heterocycles. The van der Waals surface area contributed by atoms with Crippen LogP contribution in [0.4, 0.5) is 0 Å². The van der Waals surface area contributed by atoms with E-state index in [1.807, 2.05) is 7.05 Å². The van der Waals surface area contributed by atoms with Crippen molar-refractivity contribution in [2.45, 2.75) is 19.3 Å². The van der Waals surface area contributed by atoms with Crippen molar-refractivity contribution in [2.75, 3.05) is 20.1 Å². The van der Waals surface area contributed by atoms with E-state index >= 15 is 0 Å². The zero-order valence-corrected chi connectivity index (χ0v) is 8.73. The monoisotopic (exact) mass is 197 g/mol. The molecule has 1 N–H and O–H groups in total. The second-order valence-electron chi connectivity index (χ2n) is 3.35. The predicted octanol–water partition coefficient (Wildman–Crippen LogP) is 1.12. The molecule has 1 aliphatic heterocycles. The minimum Gasteiger partial charge on any atom is -0.366 e. The van der Waals surface area contributed by atoms with Gasteiger partial charge in [-0.25, -0.2) is 0 Å². The Kier molecular flexibility index (Phi) is 3.97. The van der Waals surface area contributed by atoms with Crippen LogP contribution in [0.3, 0.4) is 0 Å². The third-order valence-electron chi connectivity index (χ3n) is 2.50. The maximum Gasteiger partial charge on any atom is 0.168 e. The second kappa shape index (κ2) is 5.03. The van der Waals surface area contributed by atoms with Crippen LogP contribution < -0.4 is 5.32 Å². The summed E-state index contributed by atoms with van der Waals surface area (Å²) < 4.78 is 0. The molecule has 0 radical (unpaired) electrons. The molecule has 0 spiro atoms. The molecule has 0 saturated carbocycles. The molecular formula is C9H15N3S. The molecule has 1 rings (SSSR count). The summed E-state index contributed by atoms with van der Waals surface area (Å²) in [5.74, 6) is 0.584. The lowest BCUT2D eigenvalue weighted by molar-refractivity contribution is 0.268. The molecule has 0 amide bonds. The summed E-state index contributed by atoms with van der Waals surface area (Å²) in [4.78, 5) is 2.17. The predicted molar refractivity (Wildman–Crippen MR) is 56.2 cm³/mol. The highest BCUT2D eigenvalue weighted by Crippen LogP contribution is 2.19. The van der Waals surface area contributed by atoms with Gasteiger partial charge in [-0.05, 0) is 31.0 Å². The lowest BCUT2D eigenvalue weighted by Crippen LogP contribution is -2.42. The molecule has 0 aromatic carbocycles. The zero-order valence-electron chi connectivity index (χ0n) is 7.92. The Morgan fingerprint density at radius 1 is 1.62 bits per heavy atom. The number of nitrogens with one attached hydrogen (secondary N) is 1. The largest absolute Gasteiger partial charge is 0.366 e. The van der Waals surface area contributed by atoms with E-state index in [4.69, 9.17) is 17.5 Å². The highest BCUT2D eigenvalue weighted by molar-refractivity contribution is 7.80. The van der Waals surface area contributed by atoms with E-state index in [1.54, 1.807) is 0 Å². The minimum atomic E-state index is 0.584. The molecule has 0 aromatic heterocycles. The van der Waals surface area contributed by atoms with Gasteiger partial charge in [0.25, 0.3) is 0 Å².